The number of carbonyl (C=O) groups excluding carboxylic acids is 1. The molecule has 1 aliphatic heterocycles. The lowest BCUT2D eigenvalue weighted by Gasteiger charge is -2.21. The van der Waals surface area contributed by atoms with Gasteiger partial charge in [-0.15, -0.1) is 0 Å². The summed E-state index contributed by atoms with van der Waals surface area (Å²) in [5, 5.41) is 3.47. The fourth-order valence-corrected chi connectivity index (χ4v) is 2.78. The van der Waals surface area contributed by atoms with Gasteiger partial charge in [0.05, 0.1) is 6.20 Å². The number of nitrogens with one attached hydrogen (secondary N) is 1. The molecule has 1 saturated heterocycles. The Hall–Kier alpha value is -2.34. The largest absolute Gasteiger partial charge is 0.361 e. The highest BCUT2D eigenvalue weighted by Gasteiger charge is 2.18. The molecule has 1 aliphatic rings. The number of rotatable bonds is 4. The number of hydrogen-bond acceptors (Lipinski definition) is 5. The molecule has 1 fully saturated rings. The Morgan fingerprint density at radius 3 is 2.50 bits per heavy atom. The van der Waals surface area contributed by atoms with E-state index in [4.69, 9.17) is 11.6 Å². The molecule has 7 heteroatoms. The molecule has 3 rings (SSSR count). The van der Waals surface area contributed by atoms with Gasteiger partial charge in [0.2, 0.25) is 5.95 Å². The molecule has 1 N–H and O–H groups in total. The van der Waals surface area contributed by atoms with Gasteiger partial charge in [-0.25, -0.2) is 4.98 Å². The quantitative estimate of drug-likeness (QED) is 0.922. The second-order valence-corrected chi connectivity index (χ2v) is 6.39. The first-order chi connectivity index (χ1) is 11.5. The Kier molecular flexibility index (Phi) is 4.85. The zero-order valence-corrected chi connectivity index (χ0v) is 14.5. The standard InChI is InChI=1S/C17H20ClN5O/c1-22(2)15-14(11-19-17(21-15)23-9-3-4-10-23)20-16(24)12-5-7-13(18)8-6-12/h5-8,11H,3-4,9-10H2,1-2H3,(H,20,24). The van der Waals surface area contributed by atoms with E-state index in [1.807, 2.05) is 19.0 Å². The molecule has 0 spiro atoms. The number of hydrogen-bond donors (Lipinski definition) is 1. The minimum absolute atomic E-state index is 0.215. The first kappa shape index (κ1) is 16.5. The molecule has 1 amide bonds. The van der Waals surface area contributed by atoms with Crippen molar-refractivity contribution in [1.29, 1.82) is 0 Å². The maximum absolute atomic E-state index is 12.4. The zero-order valence-electron chi connectivity index (χ0n) is 13.8. The van der Waals surface area contributed by atoms with Crippen molar-refractivity contribution >= 4 is 35.0 Å². The molecule has 0 bridgehead atoms. The normalized spacial score (nSPS) is 13.9. The molecule has 0 aliphatic carbocycles. The van der Waals surface area contributed by atoms with Crippen molar-refractivity contribution in [3.63, 3.8) is 0 Å². The van der Waals surface area contributed by atoms with E-state index in [1.165, 1.54) is 0 Å². The molecular weight excluding hydrogens is 326 g/mol. The third kappa shape index (κ3) is 3.59. The van der Waals surface area contributed by atoms with Crippen LogP contribution in [0.3, 0.4) is 0 Å². The molecule has 24 heavy (non-hydrogen) atoms. The van der Waals surface area contributed by atoms with Gasteiger partial charge in [0.25, 0.3) is 5.91 Å². The van der Waals surface area contributed by atoms with E-state index in [2.05, 4.69) is 20.2 Å². The highest BCUT2D eigenvalue weighted by Crippen LogP contribution is 2.26. The van der Waals surface area contributed by atoms with Crippen molar-refractivity contribution in [3.05, 3.63) is 41.0 Å². The average molecular weight is 346 g/mol. The number of aromatic nitrogens is 2. The van der Waals surface area contributed by atoms with Gasteiger partial charge in [-0.2, -0.15) is 4.98 Å². The number of amides is 1. The van der Waals surface area contributed by atoms with Crippen LogP contribution in [-0.2, 0) is 0 Å². The minimum Gasteiger partial charge on any atom is -0.361 e. The van der Waals surface area contributed by atoms with Crippen molar-refractivity contribution in [2.45, 2.75) is 12.8 Å². The maximum Gasteiger partial charge on any atom is 0.255 e. The summed E-state index contributed by atoms with van der Waals surface area (Å²) >= 11 is 5.86. The lowest BCUT2D eigenvalue weighted by Crippen LogP contribution is -2.23. The Morgan fingerprint density at radius 2 is 1.88 bits per heavy atom. The summed E-state index contributed by atoms with van der Waals surface area (Å²) in [4.78, 5) is 25.5. The first-order valence-electron chi connectivity index (χ1n) is 7.91. The van der Waals surface area contributed by atoms with Crippen molar-refractivity contribution in [2.75, 3.05) is 42.3 Å². The highest BCUT2D eigenvalue weighted by atomic mass is 35.5. The van der Waals surface area contributed by atoms with E-state index in [0.29, 0.717) is 28.0 Å². The van der Waals surface area contributed by atoms with Crippen molar-refractivity contribution in [3.8, 4) is 0 Å². The summed E-state index contributed by atoms with van der Waals surface area (Å²) in [6.45, 7) is 1.95. The molecule has 1 aromatic carbocycles. The molecule has 2 heterocycles. The molecule has 2 aromatic rings. The molecule has 1 aromatic heterocycles. The summed E-state index contributed by atoms with van der Waals surface area (Å²) in [7, 11) is 3.79. The average Bonchev–Trinajstić information content (AvgIpc) is 3.10. The number of halogens is 1. The van der Waals surface area contributed by atoms with E-state index in [9.17, 15) is 4.79 Å². The van der Waals surface area contributed by atoms with Crippen LogP contribution in [0.25, 0.3) is 0 Å². The van der Waals surface area contributed by atoms with Gasteiger partial charge in [0.15, 0.2) is 5.82 Å². The van der Waals surface area contributed by atoms with E-state index in [1.54, 1.807) is 30.5 Å². The van der Waals surface area contributed by atoms with Crippen LogP contribution >= 0.6 is 11.6 Å². The fourth-order valence-electron chi connectivity index (χ4n) is 2.66. The summed E-state index contributed by atoms with van der Waals surface area (Å²) in [5.74, 6) is 1.18. The number of carbonyl (C=O) groups is 1. The van der Waals surface area contributed by atoms with Crippen LogP contribution in [0.15, 0.2) is 30.5 Å². The monoisotopic (exact) mass is 345 g/mol. The molecule has 0 unspecified atom stereocenters. The Labute approximate surface area is 146 Å². The van der Waals surface area contributed by atoms with E-state index in [0.717, 1.165) is 25.9 Å². The van der Waals surface area contributed by atoms with Crippen molar-refractivity contribution in [2.24, 2.45) is 0 Å². The summed E-state index contributed by atoms with van der Waals surface area (Å²) in [5.41, 5.74) is 1.12. The Balaban J connectivity index is 1.83. The summed E-state index contributed by atoms with van der Waals surface area (Å²) < 4.78 is 0. The van der Waals surface area contributed by atoms with Gasteiger partial charge in [0.1, 0.15) is 5.69 Å². The number of benzene rings is 1. The molecule has 0 atom stereocenters. The predicted octanol–water partition coefficient (Wildman–Crippen LogP) is 3.05. The van der Waals surface area contributed by atoms with Gasteiger partial charge in [-0.05, 0) is 37.1 Å². The van der Waals surface area contributed by atoms with E-state index in [-0.39, 0.29) is 5.91 Å². The van der Waals surface area contributed by atoms with Crippen LogP contribution in [0, 0.1) is 0 Å². The van der Waals surface area contributed by atoms with Crippen molar-refractivity contribution < 1.29 is 4.79 Å². The molecule has 6 nitrogen and oxygen atoms in total. The minimum atomic E-state index is -0.215. The van der Waals surface area contributed by atoms with Gasteiger partial charge >= 0.3 is 0 Å². The molecule has 0 saturated carbocycles. The lowest BCUT2D eigenvalue weighted by molar-refractivity contribution is 0.102. The Bertz CT molecular complexity index is 726. The Morgan fingerprint density at radius 1 is 1.21 bits per heavy atom. The summed E-state index contributed by atoms with van der Waals surface area (Å²) in [6.07, 6.45) is 4.00. The van der Waals surface area contributed by atoms with Crippen LogP contribution in [0.1, 0.15) is 23.2 Å². The lowest BCUT2D eigenvalue weighted by atomic mass is 10.2. The second kappa shape index (κ2) is 7.05. The third-order valence-corrected chi connectivity index (χ3v) is 4.18. The SMILES string of the molecule is CN(C)c1nc(N2CCCC2)ncc1NC(=O)c1ccc(Cl)cc1. The van der Waals surface area contributed by atoms with Crippen LogP contribution in [0.5, 0.6) is 0 Å². The van der Waals surface area contributed by atoms with Gasteiger partial charge < -0.3 is 15.1 Å². The highest BCUT2D eigenvalue weighted by molar-refractivity contribution is 6.30. The topological polar surface area (TPSA) is 61.4 Å². The van der Waals surface area contributed by atoms with E-state index < -0.39 is 0 Å². The van der Waals surface area contributed by atoms with Crippen LogP contribution in [0.4, 0.5) is 17.5 Å². The third-order valence-electron chi connectivity index (χ3n) is 3.92. The van der Waals surface area contributed by atoms with Crippen molar-refractivity contribution in [1.82, 2.24) is 9.97 Å². The van der Waals surface area contributed by atoms with Gasteiger partial charge in [-0.1, -0.05) is 11.6 Å². The van der Waals surface area contributed by atoms with E-state index >= 15 is 0 Å². The van der Waals surface area contributed by atoms with Gasteiger partial charge in [-0.3, -0.25) is 4.79 Å². The molecular formula is C17H20ClN5O. The predicted molar refractivity (Wildman–Crippen MR) is 97.2 cm³/mol. The van der Waals surface area contributed by atoms with Crippen LogP contribution < -0.4 is 15.1 Å². The first-order valence-corrected chi connectivity index (χ1v) is 8.28. The zero-order chi connectivity index (χ0) is 17.1. The smallest absolute Gasteiger partial charge is 0.255 e. The van der Waals surface area contributed by atoms with Crippen LogP contribution in [-0.4, -0.2) is 43.1 Å². The second-order valence-electron chi connectivity index (χ2n) is 5.96. The fraction of sp³-hybridized carbons (Fsp3) is 0.353. The maximum atomic E-state index is 12.4. The summed E-state index contributed by atoms with van der Waals surface area (Å²) in [6, 6.07) is 6.76. The number of nitrogens with zero attached hydrogens (tertiary/aromatic N) is 4. The number of anilines is 3. The molecule has 126 valence electrons. The van der Waals surface area contributed by atoms with Gasteiger partial charge in [0, 0.05) is 37.8 Å². The van der Waals surface area contributed by atoms with Crippen LogP contribution in [0.2, 0.25) is 5.02 Å². The molecule has 0 radical (unpaired) electrons.